The number of ether oxygens (including phenoxy) is 1. The van der Waals surface area contributed by atoms with Crippen molar-refractivity contribution in [1.82, 2.24) is 10.2 Å². The van der Waals surface area contributed by atoms with Gasteiger partial charge in [-0.05, 0) is 38.5 Å². The van der Waals surface area contributed by atoms with Gasteiger partial charge in [0, 0.05) is 26.7 Å². The molecule has 6 heteroatoms. The number of carboxylic acid groups (broad SMARTS) is 1. The maximum atomic E-state index is 11.8. The highest BCUT2D eigenvalue weighted by molar-refractivity contribution is 5.73. The Morgan fingerprint density at radius 3 is 2.50 bits per heavy atom. The summed E-state index contributed by atoms with van der Waals surface area (Å²) in [4.78, 5) is 24.3. The van der Waals surface area contributed by atoms with E-state index in [1.165, 1.54) is 0 Å². The molecule has 0 heterocycles. The molecule has 0 aromatic carbocycles. The van der Waals surface area contributed by atoms with Crippen LogP contribution in [0, 0.1) is 11.8 Å². The lowest BCUT2D eigenvalue weighted by atomic mass is 9.82. The number of nitrogens with zero attached hydrogens (tertiary/aromatic N) is 1. The van der Waals surface area contributed by atoms with E-state index >= 15 is 0 Å². The molecule has 2 N–H and O–H groups in total. The van der Waals surface area contributed by atoms with Crippen LogP contribution in [0.1, 0.15) is 32.6 Å². The quantitative estimate of drug-likeness (QED) is 0.696. The molecule has 0 aromatic rings. The molecule has 1 rings (SSSR count). The molecule has 0 aliphatic heterocycles. The summed E-state index contributed by atoms with van der Waals surface area (Å²) in [6.07, 6.45) is 3.19. The van der Waals surface area contributed by atoms with E-state index in [9.17, 15) is 9.59 Å². The third kappa shape index (κ3) is 5.77. The molecule has 0 aromatic heterocycles. The highest BCUT2D eigenvalue weighted by Crippen LogP contribution is 2.28. The first-order chi connectivity index (χ1) is 9.54. The van der Waals surface area contributed by atoms with E-state index in [0.29, 0.717) is 32.2 Å². The van der Waals surface area contributed by atoms with Gasteiger partial charge in [0.15, 0.2) is 0 Å². The fourth-order valence-electron chi connectivity index (χ4n) is 2.43. The average Bonchev–Trinajstić information content (AvgIpc) is 2.45. The van der Waals surface area contributed by atoms with Gasteiger partial charge in [0.25, 0.3) is 0 Å². The lowest BCUT2D eigenvalue weighted by Gasteiger charge is -2.27. The van der Waals surface area contributed by atoms with Crippen molar-refractivity contribution in [3.8, 4) is 0 Å². The van der Waals surface area contributed by atoms with Gasteiger partial charge in [-0.25, -0.2) is 4.79 Å². The first-order valence-electron chi connectivity index (χ1n) is 7.34. The summed E-state index contributed by atoms with van der Waals surface area (Å²) in [5.74, 6) is -0.492. The SMILES string of the molecule is CCOCCN(C)C(=O)NCC1CCC(C(=O)O)CC1. The van der Waals surface area contributed by atoms with Crippen LogP contribution in [0.15, 0.2) is 0 Å². The summed E-state index contributed by atoms with van der Waals surface area (Å²) < 4.78 is 5.21. The van der Waals surface area contributed by atoms with Gasteiger partial charge in [0.1, 0.15) is 0 Å². The highest BCUT2D eigenvalue weighted by Gasteiger charge is 2.26. The van der Waals surface area contributed by atoms with Crippen molar-refractivity contribution in [3.63, 3.8) is 0 Å². The van der Waals surface area contributed by atoms with Gasteiger partial charge in [-0.1, -0.05) is 0 Å². The molecule has 2 amide bonds. The molecule has 0 spiro atoms. The first-order valence-corrected chi connectivity index (χ1v) is 7.34. The Kier molecular flexibility index (Phi) is 7.36. The Balaban J connectivity index is 2.17. The van der Waals surface area contributed by atoms with Gasteiger partial charge in [0.2, 0.25) is 0 Å². The zero-order valence-electron chi connectivity index (χ0n) is 12.4. The van der Waals surface area contributed by atoms with E-state index in [-0.39, 0.29) is 11.9 Å². The van der Waals surface area contributed by atoms with Crippen LogP contribution in [-0.4, -0.2) is 55.4 Å². The third-order valence-electron chi connectivity index (χ3n) is 3.86. The van der Waals surface area contributed by atoms with Gasteiger partial charge in [-0.2, -0.15) is 0 Å². The van der Waals surface area contributed by atoms with Crippen molar-refractivity contribution in [2.45, 2.75) is 32.6 Å². The number of hydrogen-bond acceptors (Lipinski definition) is 3. The minimum Gasteiger partial charge on any atom is -0.481 e. The van der Waals surface area contributed by atoms with E-state index in [1.54, 1.807) is 11.9 Å². The Morgan fingerprint density at radius 1 is 1.30 bits per heavy atom. The van der Waals surface area contributed by atoms with E-state index in [4.69, 9.17) is 9.84 Å². The molecule has 0 unspecified atom stereocenters. The molecule has 116 valence electrons. The normalized spacial score (nSPS) is 22.3. The Bertz CT molecular complexity index is 314. The number of hydrogen-bond donors (Lipinski definition) is 2. The largest absolute Gasteiger partial charge is 0.481 e. The smallest absolute Gasteiger partial charge is 0.317 e. The van der Waals surface area contributed by atoms with Crippen LogP contribution in [0.5, 0.6) is 0 Å². The van der Waals surface area contributed by atoms with Crippen molar-refractivity contribution < 1.29 is 19.4 Å². The molecule has 20 heavy (non-hydrogen) atoms. The lowest BCUT2D eigenvalue weighted by Crippen LogP contribution is -2.41. The van der Waals surface area contributed by atoms with Crippen LogP contribution < -0.4 is 5.32 Å². The Hall–Kier alpha value is -1.30. The van der Waals surface area contributed by atoms with Crippen LogP contribution in [-0.2, 0) is 9.53 Å². The second kappa shape index (κ2) is 8.79. The van der Waals surface area contributed by atoms with Crippen molar-refractivity contribution in [3.05, 3.63) is 0 Å². The van der Waals surface area contributed by atoms with E-state index in [0.717, 1.165) is 25.7 Å². The van der Waals surface area contributed by atoms with Gasteiger partial charge in [-0.15, -0.1) is 0 Å². The first kappa shape index (κ1) is 16.8. The topological polar surface area (TPSA) is 78.9 Å². The molecule has 0 atom stereocenters. The number of carbonyl (C=O) groups is 2. The zero-order chi connectivity index (χ0) is 15.0. The summed E-state index contributed by atoms with van der Waals surface area (Å²) in [6, 6.07) is -0.0925. The van der Waals surface area contributed by atoms with Gasteiger partial charge in [-0.3, -0.25) is 4.79 Å². The molecule has 6 nitrogen and oxygen atoms in total. The summed E-state index contributed by atoms with van der Waals surface area (Å²) in [6.45, 7) is 4.33. The van der Waals surface area contributed by atoms with Crippen molar-refractivity contribution >= 4 is 12.0 Å². The third-order valence-corrected chi connectivity index (χ3v) is 3.86. The van der Waals surface area contributed by atoms with Gasteiger partial charge < -0.3 is 20.1 Å². The number of carboxylic acids is 1. The Morgan fingerprint density at radius 2 is 1.95 bits per heavy atom. The summed E-state index contributed by atoms with van der Waals surface area (Å²) in [5, 5.41) is 11.8. The summed E-state index contributed by atoms with van der Waals surface area (Å²) in [5.41, 5.74) is 0. The average molecular weight is 286 g/mol. The van der Waals surface area contributed by atoms with Gasteiger partial charge >= 0.3 is 12.0 Å². The minimum atomic E-state index is -0.692. The number of nitrogens with one attached hydrogen (secondary N) is 1. The molecular weight excluding hydrogens is 260 g/mol. The summed E-state index contributed by atoms with van der Waals surface area (Å²) >= 11 is 0. The number of likely N-dealkylation sites (N-methyl/N-ethyl adjacent to an activating group) is 1. The summed E-state index contributed by atoms with van der Waals surface area (Å²) in [7, 11) is 1.75. The van der Waals surface area contributed by atoms with Crippen LogP contribution in [0.25, 0.3) is 0 Å². The maximum absolute atomic E-state index is 11.8. The number of aliphatic carboxylic acids is 1. The minimum absolute atomic E-state index is 0.0925. The standard InChI is InChI=1S/C14H26N2O4/c1-3-20-9-8-16(2)14(19)15-10-11-4-6-12(7-5-11)13(17)18/h11-12H,3-10H2,1-2H3,(H,15,19)(H,17,18). The van der Waals surface area contributed by atoms with E-state index in [1.807, 2.05) is 6.92 Å². The van der Waals surface area contributed by atoms with Crippen LogP contribution in [0.4, 0.5) is 4.79 Å². The highest BCUT2D eigenvalue weighted by atomic mass is 16.5. The Labute approximate surface area is 120 Å². The maximum Gasteiger partial charge on any atom is 0.317 e. The molecule has 1 aliphatic carbocycles. The molecule has 0 saturated heterocycles. The molecule has 0 radical (unpaired) electrons. The van der Waals surface area contributed by atoms with Gasteiger partial charge in [0.05, 0.1) is 12.5 Å². The second-order valence-electron chi connectivity index (χ2n) is 5.36. The van der Waals surface area contributed by atoms with Crippen molar-refractivity contribution in [2.24, 2.45) is 11.8 Å². The van der Waals surface area contributed by atoms with E-state index < -0.39 is 5.97 Å². The van der Waals surface area contributed by atoms with Crippen LogP contribution in [0.2, 0.25) is 0 Å². The predicted octanol–water partition coefficient (Wildman–Crippen LogP) is 1.56. The second-order valence-corrected chi connectivity index (χ2v) is 5.36. The fraction of sp³-hybridized carbons (Fsp3) is 0.857. The lowest BCUT2D eigenvalue weighted by molar-refractivity contribution is -0.143. The molecule has 1 aliphatic rings. The van der Waals surface area contributed by atoms with Crippen molar-refractivity contribution in [1.29, 1.82) is 0 Å². The molecule has 1 saturated carbocycles. The number of carbonyl (C=O) groups excluding carboxylic acids is 1. The molecule has 0 bridgehead atoms. The molecule has 1 fully saturated rings. The fourth-order valence-corrected chi connectivity index (χ4v) is 2.43. The van der Waals surface area contributed by atoms with E-state index in [2.05, 4.69) is 5.32 Å². The number of rotatable bonds is 7. The van der Waals surface area contributed by atoms with Crippen LogP contribution in [0.3, 0.4) is 0 Å². The predicted molar refractivity (Wildman–Crippen MR) is 75.6 cm³/mol. The number of urea groups is 1. The van der Waals surface area contributed by atoms with Crippen LogP contribution >= 0.6 is 0 Å². The monoisotopic (exact) mass is 286 g/mol. The number of amides is 2. The zero-order valence-corrected chi connectivity index (χ0v) is 12.4. The van der Waals surface area contributed by atoms with Crippen molar-refractivity contribution in [2.75, 3.05) is 33.4 Å². The molecular formula is C14H26N2O4.